The van der Waals surface area contributed by atoms with Crippen LogP contribution in [0, 0.1) is 5.92 Å². The van der Waals surface area contributed by atoms with E-state index in [4.69, 9.17) is 28.4 Å². The number of esters is 1. The molecular weight excluding hydrogens is 532 g/mol. The van der Waals surface area contributed by atoms with Crippen LogP contribution in [-0.2, 0) is 14.3 Å². The highest BCUT2D eigenvalue weighted by Gasteiger charge is 2.44. The van der Waals surface area contributed by atoms with E-state index in [-0.39, 0.29) is 23.3 Å². The fourth-order valence-electron chi connectivity index (χ4n) is 4.35. The molecule has 11 heteroatoms. The van der Waals surface area contributed by atoms with Gasteiger partial charge in [0.15, 0.2) is 23.0 Å². The lowest BCUT2D eigenvalue weighted by molar-refractivity contribution is -0.138. The van der Waals surface area contributed by atoms with Gasteiger partial charge in [0.1, 0.15) is 11.6 Å². The van der Waals surface area contributed by atoms with Crippen molar-refractivity contribution in [2.45, 2.75) is 52.3 Å². The standard InChI is InChI=1S/C30H38N2O9/c1-16(2)24(31-29(35)41-30(4,5)6)28(34)40-21-13-18(11-12-20(21)36-7)25-17(3)27(33)32(25)19-14-22(37-8)26(39-10)23(15-19)38-9/h11-16,24-25H,3H2,1-2,4-10H3,(H,31,35)/t24-,25+/m0/s1. The number of methoxy groups -OCH3 is 4. The number of nitrogens with one attached hydrogen (secondary N) is 1. The van der Waals surface area contributed by atoms with E-state index >= 15 is 0 Å². The lowest BCUT2D eigenvalue weighted by atomic mass is 9.88. The Hall–Kier alpha value is -4.41. The first-order chi connectivity index (χ1) is 19.3. The normalized spacial score (nSPS) is 15.6. The fourth-order valence-corrected chi connectivity index (χ4v) is 4.35. The number of alkyl carbamates (subject to hydrolysis) is 1. The predicted octanol–water partition coefficient (Wildman–Crippen LogP) is 4.82. The second-order valence-electron chi connectivity index (χ2n) is 10.7. The summed E-state index contributed by atoms with van der Waals surface area (Å²) in [6.45, 7) is 12.7. The van der Waals surface area contributed by atoms with Gasteiger partial charge in [-0.05, 0) is 44.4 Å². The van der Waals surface area contributed by atoms with Gasteiger partial charge >= 0.3 is 12.1 Å². The van der Waals surface area contributed by atoms with Crippen molar-refractivity contribution in [1.82, 2.24) is 5.32 Å². The van der Waals surface area contributed by atoms with E-state index in [1.165, 1.54) is 33.3 Å². The van der Waals surface area contributed by atoms with E-state index in [9.17, 15) is 14.4 Å². The number of hydrogen-bond donors (Lipinski definition) is 1. The van der Waals surface area contributed by atoms with Crippen molar-refractivity contribution in [3.8, 4) is 28.7 Å². The van der Waals surface area contributed by atoms with Crippen LogP contribution in [0.5, 0.6) is 28.7 Å². The van der Waals surface area contributed by atoms with Gasteiger partial charge in [0, 0.05) is 17.7 Å². The third kappa shape index (κ3) is 6.67. The van der Waals surface area contributed by atoms with Crippen LogP contribution >= 0.6 is 0 Å². The first-order valence-electron chi connectivity index (χ1n) is 13.0. The summed E-state index contributed by atoms with van der Waals surface area (Å²) in [6, 6.07) is 6.76. The van der Waals surface area contributed by atoms with Crippen molar-refractivity contribution < 1.29 is 42.8 Å². The van der Waals surface area contributed by atoms with E-state index in [0.717, 1.165) is 0 Å². The second kappa shape index (κ2) is 12.4. The Bertz CT molecular complexity index is 1300. The SMILES string of the molecule is C=C1C(=O)N(c2cc(OC)c(OC)c(OC)c2)[C@H]1c1ccc(OC)c(OC(=O)[C@@H](NC(=O)OC(C)(C)C)C(C)C)c1. The van der Waals surface area contributed by atoms with E-state index in [0.29, 0.717) is 34.1 Å². The minimum atomic E-state index is -0.991. The summed E-state index contributed by atoms with van der Waals surface area (Å²) in [5.41, 5.74) is 0.720. The number of amides is 2. The molecule has 1 heterocycles. The summed E-state index contributed by atoms with van der Waals surface area (Å²) in [7, 11) is 5.91. The van der Waals surface area contributed by atoms with E-state index in [1.54, 1.807) is 65.0 Å². The van der Waals surface area contributed by atoms with Gasteiger partial charge in [-0.2, -0.15) is 0 Å². The summed E-state index contributed by atoms with van der Waals surface area (Å²) in [5.74, 6) is 0.261. The Morgan fingerprint density at radius 2 is 1.49 bits per heavy atom. The molecular formula is C30H38N2O9. The summed E-state index contributed by atoms with van der Waals surface area (Å²) < 4.78 is 32.8. The van der Waals surface area contributed by atoms with Crippen molar-refractivity contribution >= 4 is 23.7 Å². The molecule has 0 radical (unpaired) electrons. The molecule has 0 saturated carbocycles. The molecule has 2 aromatic rings. The highest BCUT2D eigenvalue weighted by atomic mass is 16.6. The Labute approximate surface area is 240 Å². The molecule has 41 heavy (non-hydrogen) atoms. The van der Waals surface area contributed by atoms with E-state index in [2.05, 4.69) is 11.9 Å². The van der Waals surface area contributed by atoms with Crippen LogP contribution in [0.25, 0.3) is 0 Å². The number of β-lactam (4-membered cyclic amide) rings is 1. The molecule has 2 amide bonds. The largest absolute Gasteiger partial charge is 0.493 e. The third-order valence-corrected chi connectivity index (χ3v) is 6.32. The number of benzene rings is 2. The van der Waals surface area contributed by atoms with Gasteiger partial charge in [0.05, 0.1) is 40.2 Å². The average Bonchev–Trinajstić information content (AvgIpc) is 2.91. The molecule has 0 aliphatic carbocycles. The van der Waals surface area contributed by atoms with Gasteiger partial charge in [-0.15, -0.1) is 0 Å². The Balaban J connectivity index is 1.95. The van der Waals surface area contributed by atoms with Gasteiger partial charge in [-0.3, -0.25) is 9.69 Å². The zero-order valence-corrected chi connectivity index (χ0v) is 24.9. The Morgan fingerprint density at radius 3 is 1.98 bits per heavy atom. The number of ether oxygens (including phenoxy) is 6. The molecule has 2 atom stereocenters. The van der Waals surface area contributed by atoms with Crippen LogP contribution in [0.3, 0.4) is 0 Å². The summed E-state index contributed by atoms with van der Waals surface area (Å²) in [6.07, 6.45) is -0.737. The maximum atomic E-state index is 13.2. The average molecular weight is 571 g/mol. The van der Waals surface area contributed by atoms with Crippen molar-refractivity contribution in [3.63, 3.8) is 0 Å². The highest BCUT2D eigenvalue weighted by molar-refractivity contribution is 6.15. The van der Waals surface area contributed by atoms with Gasteiger partial charge in [0.25, 0.3) is 5.91 Å². The number of anilines is 1. The first kappa shape index (κ1) is 31.1. The number of nitrogens with zero attached hydrogens (tertiary/aromatic N) is 1. The Morgan fingerprint density at radius 1 is 0.902 bits per heavy atom. The minimum absolute atomic E-state index is 0.114. The van der Waals surface area contributed by atoms with Crippen LogP contribution in [0.15, 0.2) is 42.5 Å². The molecule has 1 aliphatic heterocycles. The number of carbonyl (C=O) groups excluding carboxylic acids is 3. The lowest BCUT2D eigenvalue weighted by Gasteiger charge is -2.42. The Kier molecular flexibility index (Phi) is 9.42. The molecule has 222 valence electrons. The molecule has 0 unspecified atom stereocenters. The molecule has 1 aliphatic rings. The molecule has 0 bridgehead atoms. The molecule has 11 nitrogen and oxygen atoms in total. The summed E-state index contributed by atoms with van der Waals surface area (Å²) in [5, 5.41) is 2.59. The van der Waals surface area contributed by atoms with Gasteiger partial charge in [0.2, 0.25) is 5.75 Å². The predicted molar refractivity (Wildman–Crippen MR) is 152 cm³/mol. The highest BCUT2D eigenvalue weighted by Crippen LogP contribution is 2.48. The summed E-state index contributed by atoms with van der Waals surface area (Å²) in [4.78, 5) is 40.1. The van der Waals surface area contributed by atoms with Crippen molar-refractivity contribution in [1.29, 1.82) is 0 Å². The van der Waals surface area contributed by atoms with Gasteiger partial charge in [-0.1, -0.05) is 26.5 Å². The second-order valence-corrected chi connectivity index (χ2v) is 10.7. The van der Waals surface area contributed by atoms with Crippen molar-refractivity contribution in [2.24, 2.45) is 5.92 Å². The number of carbonyl (C=O) groups is 3. The molecule has 0 aromatic heterocycles. The molecule has 1 saturated heterocycles. The monoisotopic (exact) mass is 570 g/mol. The van der Waals surface area contributed by atoms with Crippen LogP contribution < -0.4 is 33.9 Å². The molecule has 1 fully saturated rings. The lowest BCUT2D eigenvalue weighted by Crippen LogP contribution is -2.49. The zero-order chi connectivity index (χ0) is 30.6. The molecule has 1 N–H and O–H groups in total. The quantitative estimate of drug-likeness (QED) is 0.185. The van der Waals surface area contributed by atoms with Crippen molar-refractivity contribution in [3.05, 3.63) is 48.0 Å². The van der Waals surface area contributed by atoms with Gasteiger partial charge < -0.3 is 33.7 Å². The number of hydrogen-bond acceptors (Lipinski definition) is 9. The minimum Gasteiger partial charge on any atom is -0.493 e. The number of rotatable bonds is 10. The van der Waals surface area contributed by atoms with E-state index < -0.39 is 29.7 Å². The van der Waals surface area contributed by atoms with Crippen LogP contribution in [0.1, 0.15) is 46.2 Å². The van der Waals surface area contributed by atoms with Crippen LogP contribution in [-0.4, -0.2) is 58.1 Å². The topological polar surface area (TPSA) is 122 Å². The summed E-state index contributed by atoms with van der Waals surface area (Å²) >= 11 is 0. The van der Waals surface area contributed by atoms with E-state index in [1.807, 2.05) is 0 Å². The first-order valence-corrected chi connectivity index (χ1v) is 13.0. The zero-order valence-electron chi connectivity index (χ0n) is 24.9. The van der Waals surface area contributed by atoms with Gasteiger partial charge in [-0.25, -0.2) is 9.59 Å². The van der Waals surface area contributed by atoms with Crippen LogP contribution in [0.4, 0.5) is 10.5 Å². The molecule has 0 spiro atoms. The van der Waals surface area contributed by atoms with Crippen molar-refractivity contribution in [2.75, 3.05) is 33.3 Å². The molecule has 2 aromatic carbocycles. The smallest absolute Gasteiger partial charge is 0.408 e. The molecule has 3 rings (SSSR count). The van der Waals surface area contributed by atoms with Crippen LogP contribution in [0.2, 0.25) is 0 Å². The fraction of sp³-hybridized carbons (Fsp3) is 0.433. The third-order valence-electron chi connectivity index (χ3n) is 6.32. The maximum Gasteiger partial charge on any atom is 0.408 e. The maximum absolute atomic E-state index is 13.2.